The fraction of sp³-hybridized carbons (Fsp3) is 0. The molecule has 15 rings (SSSR count). The molecule has 0 saturated carbocycles. The number of benzene rings is 11. The quantitative estimate of drug-likeness (QED) is 0.112. The molecule has 3 nitrogen and oxygen atoms in total. The van der Waals surface area contributed by atoms with Crippen molar-refractivity contribution in [3.8, 4) is 17.1 Å². The maximum Gasteiger partial charge on any atom is 0.179 e. The zero-order chi connectivity index (χ0) is 46.6. The van der Waals surface area contributed by atoms with Crippen molar-refractivity contribution in [2.45, 2.75) is 0 Å². The molecule has 15 aromatic rings. The highest BCUT2D eigenvalue weighted by Gasteiger charge is 2.41. The molecule has 71 heavy (non-hydrogen) atoms. The van der Waals surface area contributed by atoms with E-state index >= 15 is 0 Å². The minimum absolute atomic E-state index is 1.14. The van der Waals surface area contributed by atoms with Crippen LogP contribution in [0.5, 0.6) is 0 Å². The summed E-state index contributed by atoms with van der Waals surface area (Å²) in [5, 5.41) is 15.5. The lowest BCUT2D eigenvalue weighted by molar-refractivity contribution is 1.15. The van der Waals surface area contributed by atoms with Gasteiger partial charge in [0.25, 0.3) is 0 Å². The van der Waals surface area contributed by atoms with Crippen LogP contribution in [0.3, 0.4) is 0 Å². The zero-order valence-corrected chi connectivity index (χ0v) is 40.4. The maximum atomic E-state index is 2.54. The Balaban J connectivity index is 1.00. The van der Waals surface area contributed by atoms with Crippen LogP contribution in [0.2, 0.25) is 0 Å². The van der Waals surface area contributed by atoms with E-state index in [9.17, 15) is 0 Å². The van der Waals surface area contributed by atoms with Crippen LogP contribution >= 0.6 is 11.3 Å². The Hall–Kier alpha value is -8.74. The number of hydrogen-bond acceptors (Lipinski definition) is 1. The van der Waals surface area contributed by atoms with Crippen LogP contribution in [0.25, 0.3) is 103 Å². The number of rotatable bonds is 7. The van der Waals surface area contributed by atoms with Gasteiger partial charge in [0.05, 0.1) is 43.5 Å². The molecule has 11 aromatic carbocycles. The summed E-state index contributed by atoms with van der Waals surface area (Å²) < 4.78 is 10.0. The monoisotopic (exact) mass is 937 g/mol. The van der Waals surface area contributed by atoms with E-state index in [4.69, 9.17) is 0 Å². The van der Waals surface area contributed by atoms with Crippen LogP contribution in [0, 0.1) is 0 Å². The van der Waals surface area contributed by atoms with Crippen molar-refractivity contribution in [1.29, 1.82) is 0 Å². The molecule has 0 aliphatic rings. The largest absolute Gasteiger partial charge is 0.309 e. The minimum Gasteiger partial charge on any atom is -0.309 e. The summed E-state index contributed by atoms with van der Waals surface area (Å²) in [5.41, 5.74) is 10.6. The first-order valence-corrected chi connectivity index (χ1v) is 27.2. The first kappa shape index (κ1) is 40.2. The van der Waals surface area contributed by atoms with Crippen LogP contribution in [-0.4, -0.2) is 21.8 Å². The second kappa shape index (κ2) is 15.6. The molecule has 0 aliphatic carbocycles. The molecule has 0 atom stereocenters. The third-order valence-electron chi connectivity index (χ3n) is 15.2. The molecular formula is C66H43N3SSi. The fourth-order valence-electron chi connectivity index (χ4n) is 12.2. The van der Waals surface area contributed by atoms with E-state index < -0.39 is 8.07 Å². The van der Waals surface area contributed by atoms with Gasteiger partial charge in [-0.25, -0.2) is 0 Å². The average Bonchev–Trinajstić information content (AvgIpc) is 4.18. The van der Waals surface area contributed by atoms with Gasteiger partial charge in [-0.1, -0.05) is 194 Å². The Morgan fingerprint density at radius 3 is 1.21 bits per heavy atom. The van der Waals surface area contributed by atoms with E-state index in [1.54, 1.807) is 0 Å². The predicted molar refractivity (Wildman–Crippen MR) is 306 cm³/mol. The van der Waals surface area contributed by atoms with E-state index in [-0.39, 0.29) is 0 Å². The summed E-state index contributed by atoms with van der Waals surface area (Å²) in [5.74, 6) is 0. The van der Waals surface area contributed by atoms with Gasteiger partial charge < -0.3 is 13.7 Å². The summed E-state index contributed by atoms with van der Waals surface area (Å²) in [7, 11) is -2.79. The smallest absolute Gasteiger partial charge is 0.179 e. The van der Waals surface area contributed by atoms with E-state index in [1.165, 1.54) is 112 Å². The number of nitrogens with zero attached hydrogens (tertiary/aromatic N) is 3. The second-order valence-corrected chi connectivity index (χ2v) is 23.7. The van der Waals surface area contributed by atoms with E-state index in [0.717, 1.165) is 11.4 Å². The highest BCUT2D eigenvalue weighted by atomic mass is 32.1. The molecule has 0 spiro atoms. The van der Waals surface area contributed by atoms with Crippen LogP contribution in [0.1, 0.15) is 0 Å². The molecule has 0 unspecified atom stereocenters. The van der Waals surface area contributed by atoms with Gasteiger partial charge in [-0.15, -0.1) is 11.3 Å². The maximum absolute atomic E-state index is 2.79. The van der Waals surface area contributed by atoms with Crippen LogP contribution < -0.4 is 20.7 Å². The third-order valence-corrected chi connectivity index (χ3v) is 21.1. The van der Waals surface area contributed by atoms with Gasteiger partial charge in [0.2, 0.25) is 0 Å². The molecule has 0 fully saturated rings. The van der Waals surface area contributed by atoms with Crippen molar-refractivity contribution >= 4 is 126 Å². The Bertz CT molecular complexity index is 4430. The van der Waals surface area contributed by atoms with Gasteiger partial charge in [0.15, 0.2) is 8.07 Å². The molecular weight excluding hydrogens is 895 g/mol. The molecule has 5 heteroatoms. The lowest BCUT2D eigenvalue weighted by Crippen LogP contribution is -2.74. The summed E-state index contributed by atoms with van der Waals surface area (Å²) in [4.78, 5) is 0. The first-order chi connectivity index (χ1) is 35.2. The van der Waals surface area contributed by atoms with Gasteiger partial charge in [-0.2, -0.15) is 0 Å². The molecule has 0 radical (unpaired) electrons. The van der Waals surface area contributed by atoms with Gasteiger partial charge in [-0.05, 0) is 87.5 Å². The highest BCUT2D eigenvalue weighted by molar-refractivity contribution is 7.26. The third kappa shape index (κ3) is 5.82. The van der Waals surface area contributed by atoms with Crippen molar-refractivity contribution in [3.63, 3.8) is 0 Å². The SMILES string of the molecule is c1ccc([Si](c2ccccc2)(c2ccccc2)c2ccc3c(c2)c2ccccc2n3-c2cc(-n3c4ccccc4c4cc(-n5c6ccccc6c6ccccc65)ccc43)c3sc4ccccc4c3c2)cc1. The van der Waals surface area contributed by atoms with Crippen molar-refractivity contribution in [1.82, 2.24) is 13.7 Å². The molecule has 4 aromatic heterocycles. The lowest BCUT2D eigenvalue weighted by atomic mass is 10.1. The minimum atomic E-state index is -2.79. The van der Waals surface area contributed by atoms with Crippen molar-refractivity contribution in [2.75, 3.05) is 0 Å². The number of hydrogen-bond donors (Lipinski definition) is 0. The average molecular weight is 938 g/mol. The number of fused-ring (bicyclic) bond motifs is 12. The van der Waals surface area contributed by atoms with Gasteiger partial charge in [0, 0.05) is 59.2 Å². The highest BCUT2D eigenvalue weighted by Crippen LogP contribution is 2.44. The summed E-state index contributed by atoms with van der Waals surface area (Å²) >= 11 is 1.89. The van der Waals surface area contributed by atoms with Crippen molar-refractivity contribution < 1.29 is 0 Å². The molecule has 0 bridgehead atoms. The Morgan fingerprint density at radius 2 is 0.648 bits per heavy atom. The van der Waals surface area contributed by atoms with Crippen LogP contribution in [0.15, 0.2) is 261 Å². The molecule has 0 amide bonds. The molecule has 4 heterocycles. The number of thiophene rings is 1. The molecule has 0 aliphatic heterocycles. The van der Waals surface area contributed by atoms with Gasteiger partial charge in [-0.3, -0.25) is 0 Å². The molecule has 332 valence electrons. The lowest BCUT2D eigenvalue weighted by Gasteiger charge is -2.34. The Morgan fingerprint density at radius 1 is 0.254 bits per heavy atom. The fourth-order valence-corrected chi connectivity index (χ4v) is 18.2. The van der Waals surface area contributed by atoms with Gasteiger partial charge in [0.1, 0.15) is 0 Å². The first-order valence-electron chi connectivity index (χ1n) is 24.4. The second-order valence-electron chi connectivity index (χ2n) is 18.8. The van der Waals surface area contributed by atoms with Crippen LogP contribution in [-0.2, 0) is 0 Å². The summed E-state index contributed by atoms with van der Waals surface area (Å²) in [6.45, 7) is 0. The summed E-state index contributed by atoms with van der Waals surface area (Å²) in [6.07, 6.45) is 0. The van der Waals surface area contributed by atoms with E-state index in [2.05, 4.69) is 275 Å². The molecule has 0 saturated heterocycles. The predicted octanol–water partition coefficient (Wildman–Crippen LogP) is 14.7. The van der Waals surface area contributed by atoms with E-state index in [1.807, 2.05) is 11.3 Å². The number of para-hydroxylation sites is 4. The van der Waals surface area contributed by atoms with Crippen molar-refractivity contribution in [2.24, 2.45) is 0 Å². The Kier molecular flexibility index (Phi) is 8.85. The summed E-state index contributed by atoms with van der Waals surface area (Å²) in [6, 6.07) is 97.6. The normalized spacial score (nSPS) is 12.2. The molecule has 0 N–H and O–H groups in total. The number of aromatic nitrogens is 3. The van der Waals surface area contributed by atoms with Crippen molar-refractivity contribution in [3.05, 3.63) is 261 Å². The van der Waals surface area contributed by atoms with E-state index in [0.29, 0.717) is 0 Å². The van der Waals surface area contributed by atoms with Crippen LogP contribution in [0.4, 0.5) is 0 Å². The standard InChI is InChI=1S/C66H43N3SSi/c1-4-20-46(21-5-1)71(47-22-6-2-7-23-47,48-24-8-3-9-25-48)49-37-39-62-56(43-49)53-29-12-17-33-60(53)68(62)45-41-57-54-30-14-19-35-65(54)70-66(57)64(42-45)69-61-34-18-13-28-52(61)55-40-44(36-38-63(55)69)67-58-31-15-10-26-50(58)51-27-11-16-32-59(51)67/h1-43H. The van der Waals surface area contributed by atoms with Gasteiger partial charge >= 0.3 is 0 Å². The topological polar surface area (TPSA) is 14.8 Å². The zero-order valence-electron chi connectivity index (χ0n) is 38.6. The Labute approximate surface area is 415 Å².